The summed E-state index contributed by atoms with van der Waals surface area (Å²) in [5.74, 6) is 0.864. The Balaban J connectivity index is 1.70. The van der Waals surface area contributed by atoms with Gasteiger partial charge in [0.05, 0.1) is 19.3 Å². The average Bonchev–Trinajstić information content (AvgIpc) is 3.05. The van der Waals surface area contributed by atoms with Gasteiger partial charge in [-0.15, -0.1) is 0 Å². The van der Waals surface area contributed by atoms with Crippen LogP contribution in [0.1, 0.15) is 36.1 Å². The number of benzene rings is 1. The monoisotopic (exact) mass is 343 g/mol. The first-order valence-electron chi connectivity index (χ1n) is 8.64. The Labute approximate surface area is 148 Å². The molecule has 1 saturated heterocycles. The summed E-state index contributed by atoms with van der Waals surface area (Å²) in [6.07, 6.45) is 1.51. The standard InChI is InChI=1S/C18H25N5O2/c1-13(2)16(17-19-12-20-22(17)3)21-18(24)14-4-6-15(7-5-14)23-8-10-25-11-9-23/h4-7,12-13,16H,8-11H2,1-3H3,(H,21,24)/t16-/m1/s1. The third-order valence-corrected chi connectivity index (χ3v) is 4.48. The number of hydrogen-bond donors (Lipinski definition) is 1. The van der Waals surface area contributed by atoms with Gasteiger partial charge in [0.2, 0.25) is 0 Å². The van der Waals surface area contributed by atoms with Gasteiger partial charge in [-0.05, 0) is 30.2 Å². The van der Waals surface area contributed by atoms with Crippen LogP contribution in [0, 0.1) is 5.92 Å². The molecule has 2 aromatic rings. The fraction of sp³-hybridized carbons (Fsp3) is 0.500. The van der Waals surface area contributed by atoms with Gasteiger partial charge in [0, 0.05) is 31.4 Å². The Morgan fingerprint density at radius 1 is 1.20 bits per heavy atom. The molecule has 0 unspecified atom stereocenters. The van der Waals surface area contributed by atoms with Crippen LogP contribution in [0.3, 0.4) is 0 Å². The third kappa shape index (κ3) is 3.99. The second-order valence-corrected chi connectivity index (χ2v) is 6.58. The van der Waals surface area contributed by atoms with Gasteiger partial charge in [-0.3, -0.25) is 9.48 Å². The molecule has 0 saturated carbocycles. The summed E-state index contributed by atoms with van der Waals surface area (Å²) in [5.41, 5.74) is 1.76. The number of ether oxygens (including phenoxy) is 1. The summed E-state index contributed by atoms with van der Waals surface area (Å²) >= 11 is 0. The van der Waals surface area contributed by atoms with Gasteiger partial charge in [0.15, 0.2) is 0 Å². The Hall–Kier alpha value is -2.41. The summed E-state index contributed by atoms with van der Waals surface area (Å²) in [5, 5.41) is 7.18. The molecule has 134 valence electrons. The van der Waals surface area contributed by atoms with Crippen molar-refractivity contribution in [1.82, 2.24) is 20.1 Å². The summed E-state index contributed by atoms with van der Waals surface area (Å²) < 4.78 is 7.08. The van der Waals surface area contributed by atoms with Crippen molar-refractivity contribution in [3.8, 4) is 0 Å². The highest BCUT2D eigenvalue weighted by Crippen LogP contribution is 2.21. The lowest BCUT2D eigenvalue weighted by atomic mass is 10.0. The minimum absolute atomic E-state index is 0.102. The van der Waals surface area contributed by atoms with Gasteiger partial charge in [0.1, 0.15) is 12.2 Å². The van der Waals surface area contributed by atoms with E-state index in [-0.39, 0.29) is 17.9 Å². The number of carbonyl (C=O) groups excluding carboxylic acids is 1. The molecule has 0 aliphatic carbocycles. The number of anilines is 1. The molecule has 3 rings (SSSR count). The van der Waals surface area contributed by atoms with E-state index in [9.17, 15) is 4.79 Å². The molecule has 1 amide bonds. The van der Waals surface area contributed by atoms with Crippen molar-refractivity contribution in [3.05, 3.63) is 42.0 Å². The number of amides is 1. The highest BCUT2D eigenvalue weighted by Gasteiger charge is 2.23. The maximum atomic E-state index is 12.7. The molecule has 1 aromatic carbocycles. The van der Waals surface area contributed by atoms with Crippen LogP contribution in [-0.2, 0) is 11.8 Å². The first-order chi connectivity index (χ1) is 12.1. The van der Waals surface area contributed by atoms with E-state index in [0.717, 1.165) is 37.8 Å². The SMILES string of the molecule is CC(C)[C@@H](NC(=O)c1ccc(N2CCOCC2)cc1)c1ncnn1C. The molecular formula is C18H25N5O2. The predicted octanol–water partition coefficient (Wildman–Crippen LogP) is 1.78. The number of rotatable bonds is 5. The van der Waals surface area contributed by atoms with E-state index in [1.165, 1.54) is 6.33 Å². The average molecular weight is 343 g/mol. The van der Waals surface area contributed by atoms with Crippen LogP contribution in [0.5, 0.6) is 0 Å². The molecule has 1 aromatic heterocycles. The molecule has 1 atom stereocenters. The first-order valence-corrected chi connectivity index (χ1v) is 8.64. The number of nitrogens with one attached hydrogen (secondary N) is 1. The Morgan fingerprint density at radius 2 is 1.88 bits per heavy atom. The van der Waals surface area contributed by atoms with E-state index in [1.807, 2.05) is 31.3 Å². The molecule has 0 bridgehead atoms. The minimum Gasteiger partial charge on any atom is -0.378 e. The topological polar surface area (TPSA) is 72.3 Å². The van der Waals surface area contributed by atoms with Gasteiger partial charge in [-0.1, -0.05) is 13.8 Å². The number of morpholine rings is 1. The molecule has 0 radical (unpaired) electrons. The number of aryl methyl sites for hydroxylation is 1. The van der Waals surface area contributed by atoms with Crippen molar-refractivity contribution < 1.29 is 9.53 Å². The smallest absolute Gasteiger partial charge is 0.251 e. The molecule has 1 N–H and O–H groups in total. The summed E-state index contributed by atoms with van der Waals surface area (Å²) in [6, 6.07) is 7.54. The summed E-state index contributed by atoms with van der Waals surface area (Å²) in [7, 11) is 1.83. The maximum absolute atomic E-state index is 12.7. The Morgan fingerprint density at radius 3 is 2.44 bits per heavy atom. The molecule has 0 spiro atoms. The van der Waals surface area contributed by atoms with Crippen LogP contribution in [0.2, 0.25) is 0 Å². The first kappa shape index (κ1) is 17.4. The zero-order valence-corrected chi connectivity index (χ0v) is 15.0. The van der Waals surface area contributed by atoms with Gasteiger partial charge in [-0.25, -0.2) is 4.98 Å². The lowest BCUT2D eigenvalue weighted by Gasteiger charge is -2.29. The van der Waals surface area contributed by atoms with E-state index >= 15 is 0 Å². The molecule has 2 heterocycles. The van der Waals surface area contributed by atoms with Crippen LogP contribution in [0.4, 0.5) is 5.69 Å². The summed E-state index contributed by atoms with van der Waals surface area (Å²) in [6.45, 7) is 7.37. The Kier molecular flexibility index (Phi) is 5.33. The lowest BCUT2D eigenvalue weighted by molar-refractivity contribution is 0.0922. The van der Waals surface area contributed by atoms with Crippen molar-refractivity contribution in [3.63, 3.8) is 0 Å². The van der Waals surface area contributed by atoms with E-state index in [4.69, 9.17) is 4.74 Å². The largest absolute Gasteiger partial charge is 0.378 e. The van der Waals surface area contributed by atoms with Crippen molar-refractivity contribution in [2.24, 2.45) is 13.0 Å². The minimum atomic E-state index is -0.182. The fourth-order valence-electron chi connectivity index (χ4n) is 2.99. The normalized spacial score (nSPS) is 16.1. The van der Waals surface area contributed by atoms with Gasteiger partial charge in [-0.2, -0.15) is 5.10 Å². The van der Waals surface area contributed by atoms with Crippen LogP contribution in [0.15, 0.2) is 30.6 Å². The number of hydrogen-bond acceptors (Lipinski definition) is 5. The fourth-order valence-corrected chi connectivity index (χ4v) is 2.99. The molecule has 1 aliphatic heterocycles. The van der Waals surface area contributed by atoms with E-state index in [1.54, 1.807) is 4.68 Å². The van der Waals surface area contributed by atoms with Crippen molar-refractivity contribution in [2.45, 2.75) is 19.9 Å². The van der Waals surface area contributed by atoms with E-state index in [0.29, 0.717) is 5.56 Å². The molecule has 1 aliphatic rings. The van der Waals surface area contributed by atoms with Crippen molar-refractivity contribution >= 4 is 11.6 Å². The van der Waals surface area contributed by atoms with Crippen LogP contribution < -0.4 is 10.2 Å². The molecule has 1 fully saturated rings. The predicted molar refractivity (Wildman–Crippen MR) is 95.5 cm³/mol. The quantitative estimate of drug-likeness (QED) is 0.896. The number of nitrogens with zero attached hydrogens (tertiary/aromatic N) is 4. The van der Waals surface area contributed by atoms with Crippen LogP contribution in [-0.4, -0.2) is 47.0 Å². The summed E-state index contributed by atoms with van der Waals surface area (Å²) in [4.78, 5) is 19.2. The van der Waals surface area contributed by atoms with E-state index in [2.05, 4.69) is 34.1 Å². The zero-order chi connectivity index (χ0) is 17.8. The molecule has 7 nitrogen and oxygen atoms in total. The van der Waals surface area contributed by atoms with E-state index < -0.39 is 0 Å². The highest BCUT2D eigenvalue weighted by molar-refractivity contribution is 5.94. The second kappa shape index (κ2) is 7.65. The second-order valence-electron chi connectivity index (χ2n) is 6.58. The maximum Gasteiger partial charge on any atom is 0.251 e. The zero-order valence-electron chi connectivity index (χ0n) is 15.0. The number of carbonyl (C=O) groups is 1. The molecule has 7 heteroatoms. The van der Waals surface area contributed by atoms with Crippen LogP contribution >= 0.6 is 0 Å². The number of aromatic nitrogens is 3. The van der Waals surface area contributed by atoms with Gasteiger partial charge >= 0.3 is 0 Å². The van der Waals surface area contributed by atoms with Crippen LogP contribution in [0.25, 0.3) is 0 Å². The molecule has 25 heavy (non-hydrogen) atoms. The van der Waals surface area contributed by atoms with Crippen molar-refractivity contribution in [2.75, 3.05) is 31.2 Å². The highest BCUT2D eigenvalue weighted by atomic mass is 16.5. The van der Waals surface area contributed by atoms with Crippen molar-refractivity contribution in [1.29, 1.82) is 0 Å². The van der Waals surface area contributed by atoms with Gasteiger partial charge in [0.25, 0.3) is 5.91 Å². The Bertz CT molecular complexity index is 705. The third-order valence-electron chi connectivity index (χ3n) is 4.48. The van der Waals surface area contributed by atoms with Gasteiger partial charge < -0.3 is 15.0 Å². The lowest BCUT2D eigenvalue weighted by Crippen LogP contribution is -2.36. The molecular weight excluding hydrogens is 318 g/mol.